The summed E-state index contributed by atoms with van der Waals surface area (Å²) in [7, 11) is 0. The monoisotopic (exact) mass is 314 g/mol. The molecule has 3 atom stereocenters. The van der Waals surface area contributed by atoms with Gasteiger partial charge in [0.05, 0.1) is 29.9 Å². The third-order valence-corrected chi connectivity index (χ3v) is 3.89. The lowest BCUT2D eigenvalue weighted by molar-refractivity contribution is 0.0803. The van der Waals surface area contributed by atoms with Crippen LogP contribution < -0.4 is 4.74 Å². The quantitative estimate of drug-likeness (QED) is 0.926. The molecule has 0 aromatic heterocycles. The first-order valence-corrected chi connectivity index (χ1v) is 7.13. The van der Waals surface area contributed by atoms with Gasteiger partial charge in [-0.2, -0.15) is 0 Å². The maximum atomic E-state index is 10.3. The number of aliphatic hydroxyl groups is 1. The molecule has 100 valence electrons. The lowest BCUT2D eigenvalue weighted by Gasteiger charge is -2.18. The van der Waals surface area contributed by atoms with Crippen LogP contribution in [-0.2, 0) is 4.74 Å². The van der Waals surface area contributed by atoms with Crippen LogP contribution in [0.1, 0.15) is 31.9 Å². The summed E-state index contributed by atoms with van der Waals surface area (Å²) >= 11 is 3.47. The maximum absolute atomic E-state index is 10.3. The molecule has 1 saturated heterocycles. The van der Waals surface area contributed by atoms with Gasteiger partial charge in [-0.3, -0.25) is 0 Å². The molecule has 18 heavy (non-hydrogen) atoms. The van der Waals surface area contributed by atoms with E-state index in [2.05, 4.69) is 15.9 Å². The van der Waals surface area contributed by atoms with E-state index in [9.17, 15) is 5.11 Å². The second kappa shape index (κ2) is 6.04. The minimum absolute atomic E-state index is 0.185. The van der Waals surface area contributed by atoms with Gasteiger partial charge in [0, 0.05) is 5.92 Å². The predicted octanol–water partition coefficient (Wildman–Crippen LogP) is 3.31. The van der Waals surface area contributed by atoms with Gasteiger partial charge in [0.25, 0.3) is 0 Å². The molecule has 1 fully saturated rings. The molecule has 3 nitrogen and oxygen atoms in total. The molecule has 1 aliphatic rings. The van der Waals surface area contributed by atoms with Crippen LogP contribution >= 0.6 is 15.9 Å². The number of ether oxygens (including phenoxy) is 2. The molecule has 1 N–H and O–H groups in total. The van der Waals surface area contributed by atoms with Gasteiger partial charge in [0.1, 0.15) is 5.75 Å². The summed E-state index contributed by atoms with van der Waals surface area (Å²) in [6.07, 6.45) is 0.684. The summed E-state index contributed by atoms with van der Waals surface area (Å²) in [5.41, 5.74) is 0.910. The summed E-state index contributed by atoms with van der Waals surface area (Å²) in [5.74, 6) is 0.995. The Morgan fingerprint density at radius 3 is 2.89 bits per heavy atom. The summed E-state index contributed by atoms with van der Waals surface area (Å²) < 4.78 is 11.8. The van der Waals surface area contributed by atoms with Gasteiger partial charge >= 0.3 is 0 Å². The van der Waals surface area contributed by atoms with Gasteiger partial charge in [0.15, 0.2) is 0 Å². The number of hydrogen-bond donors (Lipinski definition) is 1. The third-order valence-electron chi connectivity index (χ3n) is 3.27. The van der Waals surface area contributed by atoms with Crippen LogP contribution in [0.25, 0.3) is 0 Å². The molecule has 0 amide bonds. The topological polar surface area (TPSA) is 38.7 Å². The summed E-state index contributed by atoms with van der Waals surface area (Å²) in [6, 6.07) is 5.74. The summed E-state index contributed by atoms with van der Waals surface area (Å²) in [4.78, 5) is 0. The number of hydrogen-bond acceptors (Lipinski definition) is 3. The third kappa shape index (κ3) is 3.05. The van der Waals surface area contributed by atoms with Crippen molar-refractivity contribution >= 4 is 15.9 Å². The Kier molecular flexibility index (Phi) is 4.65. The van der Waals surface area contributed by atoms with Gasteiger partial charge in [0.2, 0.25) is 0 Å². The van der Waals surface area contributed by atoms with E-state index < -0.39 is 6.10 Å². The van der Waals surface area contributed by atoms with Crippen LogP contribution in [0.5, 0.6) is 5.75 Å². The van der Waals surface area contributed by atoms with E-state index in [4.69, 9.17) is 9.47 Å². The van der Waals surface area contributed by atoms with Crippen molar-refractivity contribution < 1.29 is 14.6 Å². The van der Waals surface area contributed by atoms with Gasteiger partial charge in [-0.05, 0) is 53.9 Å². The summed E-state index contributed by atoms with van der Waals surface area (Å²) in [5, 5.41) is 10.3. The average molecular weight is 315 g/mol. The molecular formula is C14H19BrO3. The second-order valence-corrected chi connectivity index (χ2v) is 5.56. The molecule has 0 spiro atoms. The first-order valence-electron chi connectivity index (χ1n) is 6.33. The van der Waals surface area contributed by atoms with Crippen molar-refractivity contribution in [2.75, 3.05) is 13.2 Å². The zero-order valence-corrected chi connectivity index (χ0v) is 12.3. The van der Waals surface area contributed by atoms with E-state index in [0.29, 0.717) is 13.2 Å². The van der Waals surface area contributed by atoms with Crippen LogP contribution in [0.2, 0.25) is 0 Å². The number of benzene rings is 1. The van der Waals surface area contributed by atoms with Gasteiger partial charge in [-0.15, -0.1) is 0 Å². The van der Waals surface area contributed by atoms with Crippen molar-refractivity contribution in [3.05, 3.63) is 28.2 Å². The second-order valence-electron chi connectivity index (χ2n) is 4.71. The molecule has 0 radical (unpaired) electrons. The van der Waals surface area contributed by atoms with E-state index in [1.165, 1.54) is 0 Å². The largest absolute Gasteiger partial charge is 0.493 e. The van der Waals surface area contributed by atoms with E-state index in [1.54, 1.807) is 0 Å². The zero-order valence-electron chi connectivity index (χ0n) is 10.7. The average Bonchev–Trinajstić information content (AvgIpc) is 2.78. The Labute approximate surface area is 116 Å². The number of halogens is 1. The Hall–Kier alpha value is -0.580. The van der Waals surface area contributed by atoms with Gasteiger partial charge < -0.3 is 14.6 Å². The number of rotatable bonds is 4. The highest BCUT2D eigenvalue weighted by Gasteiger charge is 2.29. The first kappa shape index (κ1) is 13.8. The first-order chi connectivity index (χ1) is 8.61. The van der Waals surface area contributed by atoms with Crippen molar-refractivity contribution in [3.63, 3.8) is 0 Å². The van der Waals surface area contributed by atoms with Crippen molar-refractivity contribution in [2.24, 2.45) is 5.92 Å². The Balaban J connectivity index is 2.11. The number of aliphatic hydroxyl groups excluding tert-OH is 1. The normalized spacial score (nSPS) is 25.1. The molecule has 3 unspecified atom stereocenters. The van der Waals surface area contributed by atoms with Crippen LogP contribution in [0.3, 0.4) is 0 Å². The van der Waals surface area contributed by atoms with Gasteiger partial charge in [-0.1, -0.05) is 6.07 Å². The predicted molar refractivity (Wildman–Crippen MR) is 73.8 cm³/mol. The standard InChI is InChI=1S/C14H19BrO3/c1-3-17-13-5-4-10(7-12(13)15)14(16)11-6-9(2)18-8-11/h4-5,7,9,11,14,16H,3,6,8H2,1-2H3. The van der Waals surface area contributed by atoms with E-state index in [1.807, 2.05) is 32.0 Å². The highest BCUT2D eigenvalue weighted by Crippen LogP contribution is 2.35. The molecular weight excluding hydrogens is 296 g/mol. The molecule has 4 heteroatoms. The fourth-order valence-electron chi connectivity index (χ4n) is 2.32. The smallest absolute Gasteiger partial charge is 0.133 e. The van der Waals surface area contributed by atoms with Crippen LogP contribution in [0.15, 0.2) is 22.7 Å². The van der Waals surface area contributed by atoms with E-state index in [0.717, 1.165) is 22.2 Å². The summed E-state index contributed by atoms with van der Waals surface area (Å²) in [6.45, 7) is 5.26. The van der Waals surface area contributed by atoms with Crippen molar-refractivity contribution in [2.45, 2.75) is 32.5 Å². The lowest BCUT2D eigenvalue weighted by Crippen LogP contribution is -2.12. The molecule has 1 heterocycles. The minimum Gasteiger partial charge on any atom is -0.493 e. The van der Waals surface area contributed by atoms with Crippen LogP contribution in [0, 0.1) is 5.92 Å². The molecule has 1 aliphatic heterocycles. The van der Waals surface area contributed by atoms with E-state index in [-0.39, 0.29) is 12.0 Å². The van der Waals surface area contributed by atoms with Gasteiger partial charge in [-0.25, -0.2) is 0 Å². The fourth-order valence-corrected chi connectivity index (χ4v) is 2.83. The van der Waals surface area contributed by atoms with Crippen LogP contribution in [0.4, 0.5) is 0 Å². The molecule has 1 aromatic carbocycles. The minimum atomic E-state index is -0.470. The highest BCUT2D eigenvalue weighted by molar-refractivity contribution is 9.10. The fraction of sp³-hybridized carbons (Fsp3) is 0.571. The Morgan fingerprint density at radius 2 is 2.33 bits per heavy atom. The maximum Gasteiger partial charge on any atom is 0.133 e. The Bertz CT molecular complexity index is 408. The molecule has 0 aliphatic carbocycles. The van der Waals surface area contributed by atoms with Crippen molar-refractivity contribution in [3.8, 4) is 5.75 Å². The molecule has 0 bridgehead atoms. The SMILES string of the molecule is CCOc1ccc(C(O)C2COC(C)C2)cc1Br. The lowest BCUT2D eigenvalue weighted by atomic mass is 9.94. The molecule has 2 rings (SSSR count). The zero-order chi connectivity index (χ0) is 13.1. The Morgan fingerprint density at radius 1 is 1.56 bits per heavy atom. The van der Waals surface area contributed by atoms with E-state index >= 15 is 0 Å². The van der Waals surface area contributed by atoms with Crippen LogP contribution in [-0.4, -0.2) is 24.4 Å². The molecule has 0 saturated carbocycles. The molecule has 1 aromatic rings. The van der Waals surface area contributed by atoms with Crippen molar-refractivity contribution in [1.82, 2.24) is 0 Å². The highest BCUT2D eigenvalue weighted by atomic mass is 79.9. The van der Waals surface area contributed by atoms with Crippen molar-refractivity contribution in [1.29, 1.82) is 0 Å².